The molecule has 0 radical (unpaired) electrons. The van der Waals surface area contributed by atoms with E-state index >= 15 is 0 Å². The maximum absolute atomic E-state index is 12.6. The fourth-order valence-electron chi connectivity index (χ4n) is 1.93. The molecule has 1 aliphatic rings. The first-order valence-corrected chi connectivity index (χ1v) is 6.14. The summed E-state index contributed by atoms with van der Waals surface area (Å²) in [5.41, 5.74) is 0.189. The average molecular weight is 281 g/mol. The smallest absolute Gasteiger partial charge is 0.377 e. The van der Waals surface area contributed by atoms with Gasteiger partial charge in [-0.05, 0) is 23.9 Å². The van der Waals surface area contributed by atoms with E-state index in [1.165, 1.54) is 12.1 Å². The molecule has 2 rings (SSSR count). The van der Waals surface area contributed by atoms with Gasteiger partial charge >= 0.3 is 6.18 Å². The number of carbonyl (C=O) groups excluding carboxylic acids is 1. The normalized spacial score (nSPS) is 15.2. The number of hydrogen-bond acceptors (Lipinski definition) is 2. The number of ketones is 1. The quantitative estimate of drug-likeness (QED) is 0.848. The van der Waals surface area contributed by atoms with Crippen molar-refractivity contribution in [3.63, 3.8) is 0 Å². The summed E-state index contributed by atoms with van der Waals surface area (Å²) in [5, 5.41) is 0. The Morgan fingerprint density at radius 1 is 1.35 bits per heavy atom. The van der Waals surface area contributed by atoms with Crippen LogP contribution in [-0.4, -0.2) is 24.3 Å². The first-order chi connectivity index (χ1) is 9.36. The standard InChI is InChI=1S/C15H14F3NO/c1-19-7-5-12(6-8-19)14(20)10-11-3-2-4-13(9-11)15(16,17)18/h2-7,9H,8,10H2,1H3. The van der Waals surface area contributed by atoms with E-state index in [1.54, 1.807) is 18.4 Å². The third-order valence-electron chi connectivity index (χ3n) is 3.05. The van der Waals surface area contributed by atoms with E-state index in [2.05, 4.69) is 0 Å². The van der Waals surface area contributed by atoms with Crippen LogP contribution in [0.1, 0.15) is 11.1 Å². The maximum Gasteiger partial charge on any atom is 0.416 e. The molecule has 0 spiro atoms. The Labute approximate surface area is 115 Å². The van der Waals surface area contributed by atoms with Gasteiger partial charge in [-0.15, -0.1) is 0 Å². The third-order valence-corrected chi connectivity index (χ3v) is 3.05. The van der Waals surface area contributed by atoms with Gasteiger partial charge in [0, 0.05) is 25.6 Å². The lowest BCUT2D eigenvalue weighted by Gasteiger charge is -2.16. The highest BCUT2D eigenvalue weighted by Crippen LogP contribution is 2.29. The number of hydrogen-bond donors (Lipinski definition) is 0. The maximum atomic E-state index is 12.6. The molecule has 0 unspecified atom stereocenters. The summed E-state index contributed by atoms with van der Waals surface area (Å²) >= 11 is 0. The summed E-state index contributed by atoms with van der Waals surface area (Å²) in [6.45, 7) is 0.625. The highest BCUT2D eigenvalue weighted by atomic mass is 19.4. The van der Waals surface area contributed by atoms with Gasteiger partial charge in [0.25, 0.3) is 0 Å². The molecular formula is C15H14F3NO. The molecule has 0 fully saturated rings. The van der Waals surface area contributed by atoms with Gasteiger partial charge in [-0.25, -0.2) is 0 Å². The zero-order valence-corrected chi connectivity index (χ0v) is 10.9. The number of carbonyl (C=O) groups is 1. The summed E-state index contributed by atoms with van der Waals surface area (Å²) in [6.07, 6.45) is 0.824. The number of Topliss-reactive ketones (excluding diaryl/α,β-unsaturated/α-hetero) is 1. The van der Waals surface area contributed by atoms with E-state index in [0.717, 1.165) is 12.1 Å². The number of benzene rings is 1. The van der Waals surface area contributed by atoms with E-state index in [4.69, 9.17) is 0 Å². The van der Waals surface area contributed by atoms with Crippen LogP contribution in [0.2, 0.25) is 0 Å². The number of allylic oxidation sites excluding steroid dienone is 2. The lowest BCUT2D eigenvalue weighted by molar-refractivity contribution is -0.137. The second-order valence-electron chi connectivity index (χ2n) is 4.71. The molecule has 1 aromatic carbocycles. The van der Waals surface area contributed by atoms with E-state index in [1.807, 2.05) is 11.9 Å². The summed E-state index contributed by atoms with van der Waals surface area (Å²) in [4.78, 5) is 13.9. The molecule has 1 aromatic rings. The lowest BCUT2D eigenvalue weighted by Crippen LogP contribution is -2.17. The summed E-state index contributed by atoms with van der Waals surface area (Å²) in [5.74, 6) is -0.173. The molecule has 0 N–H and O–H groups in total. The van der Waals surface area contributed by atoms with Crippen molar-refractivity contribution in [1.82, 2.24) is 4.90 Å². The van der Waals surface area contributed by atoms with Crippen molar-refractivity contribution in [2.45, 2.75) is 12.6 Å². The van der Waals surface area contributed by atoms with Crippen LogP contribution in [0, 0.1) is 0 Å². The van der Waals surface area contributed by atoms with Gasteiger partial charge in [-0.2, -0.15) is 13.2 Å². The fourth-order valence-corrected chi connectivity index (χ4v) is 1.93. The van der Waals surface area contributed by atoms with Crippen LogP contribution in [0.3, 0.4) is 0 Å². The predicted octanol–water partition coefficient (Wildman–Crippen LogP) is 3.20. The Hall–Kier alpha value is -2.04. The molecular weight excluding hydrogens is 267 g/mol. The van der Waals surface area contributed by atoms with Gasteiger partial charge in [0.1, 0.15) is 0 Å². The molecule has 0 aliphatic carbocycles. The first-order valence-electron chi connectivity index (χ1n) is 6.14. The van der Waals surface area contributed by atoms with Gasteiger partial charge in [0.2, 0.25) is 0 Å². The Bertz CT molecular complexity index is 573. The number of alkyl halides is 3. The molecule has 1 heterocycles. The number of likely N-dealkylation sites (N-methyl/N-ethyl adjacent to an activating group) is 1. The van der Waals surface area contributed by atoms with Gasteiger partial charge < -0.3 is 4.90 Å². The zero-order chi connectivity index (χ0) is 14.8. The summed E-state index contributed by atoms with van der Waals surface area (Å²) in [6, 6.07) is 4.89. The van der Waals surface area contributed by atoms with E-state index in [0.29, 0.717) is 17.7 Å². The topological polar surface area (TPSA) is 20.3 Å². The summed E-state index contributed by atoms with van der Waals surface area (Å²) < 4.78 is 37.8. The van der Waals surface area contributed by atoms with Gasteiger partial charge in [0.15, 0.2) is 5.78 Å². The van der Waals surface area contributed by atoms with Crippen molar-refractivity contribution in [3.05, 3.63) is 59.3 Å². The molecule has 0 amide bonds. The minimum absolute atomic E-state index is 0.0240. The van der Waals surface area contributed by atoms with Gasteiger partial charge in [-0.1, -0.05) is 24.3 Å². The lowest BCUT2D eigenvalue weighted by atomic mass is 10.00. The van der Waals surface area contributed by atoms with Crippen LogP contribution in [0.15, 0.2) is 48.2 Å². The minimum Gasteiger partial charge on any atom is -0.377 e. The molecule has 0 saturated heterocycles. The van der Waals surface area contributed by atoms with Crippen LogP contribution in [0.25, 0.3) is 0 Å². The van der Waals surface area contributed by atoms with Crippen LogP contribution in [0.5, 0.6) is 0 Å². The van der Waals surface area contributed by atoms with E-state index < -0.39 is 11.7 Å². The van der Waals surface area contributed by atoms with E-state index in [-0.39, 0.29) is 12.2 Å². The monoisotopic (exact) mass is 281 g/mol. The highest BCUT2D eigenvalue weighted by Gasteiger charge is 2.30. The first kappa shape index (κ1) is 14.4. The van der Waals surface area contributed by atoms with Crippen molar-refractivity contribution in [2.24, 2.45) is 0 Å². The Morgan fingerprint density at radius 2 is 2.10 bits per heavy atom. The number of halogens is 3. The molecule has 1 aliphatic heterocycles. The Morgan fingerprint density at radius 3 is 2.70 bits per heavy atom. The number of nitrogens with zero attached hydrogens (tertiary/aromatic N) is 1. The fraction of sp³-hybridized carbons (Fsp3) is 0.267. The van der Waals surface area contributed by atoms with Crippen LogP contribution in [-0.2, 0) is 17.4 Å². The van der Waals surface area contributed by atoms with Crippen LogP contribution < -0.4 is 0 Å². The van der Waals surface area contributed by atoms with Gasteiger partial charge in [-0.3, -0.25) is 4.79 Å². The van der Waals surface area contributed by atoms with Crippen LogP contribution in [0.4, 0.5) is 13.2 Å². The van der Waals surface area contributed by atoms with Crippen molar-refractivity contribution >= 4 is 5.78 Å². The van der Waals surface area contributed by atoms with Crippen molar-refractivity contribution < 1.29 is 18.0 Å². The largest absolute Gasteiger partial charge is 0.416 e. The molecule has 20 heavy (non-hydrogen) atoms. The molecule has 0 aromatic heterocycles. The molecule has 106 valence electrons. The van der Waals surface area contributed by atoms with Crippen molar-refractivity contribution in [1.29, 1.82) is 0 Å². The second-order valence-corrected chi connectivity index (χ2v) is 4.71. The molecule has 0 bridgehead atoms. The van der Waals surface area contributed by atoms with Gasteiger partial charge in [0.05, 0.1) is 5.56 Å². The number of rotatable bonds is 3. The van der Waals surface area contributed by atoms with Crippen LogP contribution >= 0.6 is 0 Å². The van der Waals surface area contributed by atoms with Crippen molar-refractivity contribution in [3.8, 4) is 0 Å². The average Bonchev–Trinajstić information content (AvgIpc) is 2.38. The minimum atomic E-state index is -4.38. The molecule has 0 saturated carbocycles. The second kappa shape index (κ2) is 5.53. The molecule has 0 atom stereocenters. The molecule has 2 nitrogen and oxygen atoms in total. The highest BCUT2D eigenvalue weighted by molar-refractivity contribution is 5.99. The Balaban J connectivity index is 2.11. The van der Waals surface area contributed by atoms with E-state index in [9.17, 15) is 18.0 Å². The molecule has 5 heteroatoms. The zero-order valence-electron chi connectivity index (χ0n) is 10.9. The Kier molecular flexibility index (Phi) is 3.97. The predicted molar refractivity (Wildman–Crippen MR) is 70.0 cm³/mol. The third kappa shape index (κ3) is 3.50. The SMILES string of the molecule is CN1C=CC(C(=O)Cc2cccc(C(F)(F)F)c2)=CC1. The summed E-state index contributed by atoms with van der Waals surface area (Å²) in [7, 11) is 1.88. The van der Waals surface area contributed by atoms with Crippen molar-refractivity contribution in [2.75, 3.05) is 13.6 Å².